The van der Waals surface area contributed by atoms with Gasteiger partial charge < -0.3 is 10.1 Å². The third-order valence-corrected chi connectivity index (χ3v) is 4.27. The van der Waals surface area contributed by atoms with Gasteiger partial charge >= 0.3 is 0 Å². The van der Waals surface area contributed by atoms with E-state index in [9.17, 15) is 0 Å². The Morgan fingerprint density at radius 1 is 1.30 bits per heavy atom. The summed E-state index contributed by atoms with van der Waals surface area (Å²) in [7, 11) is 0. The molecule has 0 bridgehead atoms. The topological polar surface area (TPSA) is 21.3 Å². The van der Waals surface area contributed by atoms with Crippen molar-refractivity contribution in [1.29, 1.82) is 0 Å². The lowest BCUT2D eigenvalue weighted by atomic mass is 9.87. The van der Waals surface area contributed by atoms with Gasteiger partial charge in [0.25, 0.3) is 0 Å². The molecule has 0 aromatic heterocycles. The molecule has 0 fully saturated rings. The second kappa shape index (κ2) is 5.77. The molecule has 1 aliphatic heterocycles. The lowest BCUT2D eigenvalue weighted by Crippen LogP contribution is -2.40. The molecule has 0 aliphatic carbocycles. The monoisotopic (exact) mass is 275 g/mol. The average Bonchev–Trinajstić information content (AvgIpc) is 2.33. The van der Waals surface area contributed by atoms with E-state index in [2.05, 4.69) is 59.0 Å². The van der Waals surface area contributed by atoms with Gasteiger partial charge in [0.05, 0.1) is 0 Å². The molecule has 0 amide bonds. The van der Waals surface area contributed by atoms with Gasteiger partial charge in [-0.25, -0.2) is 0 Å². The minimum absolute atomic E-state index is 0.0962. The van der Waals surface area contributed by atoms with Gasteiger partial charge in [0, 0.05) is 18.0 Å². The molecule has 1 aromatic rings. The summed E-state index contributed by atoms with van der Waals surface area (Å²) >= 11 is 0. The molecule has 2 rings (SSSR count). The van der Waals surface area contributed by atoms with Gasteiger partial charge in [-0.15, -0.1) is 0 Å². The maximum atomic E-state index is 6.25. The summed E-state index contributed by atoms with van der Waals surface area (Å²) in [6.07, 6.45) is 2.25. The van der Waals surface area contributed by atoms with Crippen LogP contribution in [0.3, 0.4) is 0 Å². The van der Waals surface area contributed by atoms with Crippen molar-refractivity contribution in [3.8, 4) is 5.75 Å². The van der Waals surface area contributed by atoms with Crippen LogP contribution in [0.5, 0.6) is 5.75 Å². The summed E-state index contributed by atoms with van der Waals surface area (Å²) < 4.78 is 6.25. The van der Waals surface area contributed by atoms with E-state index in [0.29, 0.717) is 6.04 Å². The molecule has 0 spiro atoms. The number of ether oxygens (including phenoxy) is 1. The van der Waals surface area contributed by atoms with E-state index in [1.54, 1.807) is 0 Å². The Kier molecular flexibility index (Phi) is 4.43. The largest absolute Gasteiger partial charge is 0.487 e. The fourth-order valence-corrected chi connectivity index (χ4v) is 2.87. The van der Waals surface area contributed by atoms with Crippen molar-refractivity contribution < 1.29 is 4.74 Å². The Bertz CT molecular complexity index is 477. The van der Waals surface area contributed by atoms with E-state index in [1.165, 1.54) is 23.1 Å². The van der Waals surface area contributed by atoms with Crippen LogP contribution in [-0.2, 0) is 0 Å². The van der Waals surface area contributed by atoms with Crippen molar-refractivity contribution >= 4 is 0 Å². The minimum atomic E-state index is -0.0962. The number of fused-ring (bicyclic) bond motifs is 1. The quantitative estimate of drug-likeness (QED) is 0.871. The molecule has 20 heavy (non-hydrogen) atoms. The molecular formula is C18H29NO. The molecule has 112 valence electrons. The molecule has 0 saturated carbocycles. The van der Waals surface area contributed by atoms with E-state index in [0.717, 1.165) is 24.6 Å². The summed E-state index contributed by atoms with van der Waals surface area (Å²) in [6, 6.07) is 4.86. The first-order valence-corrected chi connectivity index (χ1v) is 7.82. The smallest absolute Gasteiger partial charge is 0.128 e. The second-order valence-electron chi connectivity index (χ2n) is 7.18. The van der Waals surface area contributed by atoms with Crippen molar-refractivity contribution in [1.82, 2.24) is 5.32 Å². The fraction of sp³-hybridized carbons (Fsp3) is 0.667. The molecule has 1 unspecified atom stereocenters. The van der Waals surface area contributed by atoms with Crippen molar-refractivity contribution in [3.05, 3.63) is 28.8 Å². The van der Waals surface area contributed by atoms with E-state index in [1.807, 2.05) is 0 Å². The third-order valence-electron chi connectivity index (χ3n) is 4.27. The van der Waals surface area contributed by atoms with Crippen LogP contribution in [0.4, 0.5) is 0 Å². The molecule has 0 saturated heterocycles. The first-order chi connectivity index (χ1) is 9.30. The highest BCUT2D eigenvalue weighted by atomic mass is 16.5. The minimum Gasteiger partial charge on any atom is -0.487 e. The summed E-state index contributed by atoms with van der Waals surface area (Å²) in [4.78, 5) is 0. The highest BCUT2D eigenvalue weighted by Gasteiger charge is 2.34. The first-order valence-electron chi connectivity index (χ1n) is 7.82. The van der Waals surface area contributed by atoms with E-state index < -0.39 is 0 Å². The van der Waals surface area contributed by atoms with Crippen LogP contribution in [0, 0.1) is 19.8 Å². The zero-order valence-electron chi connectivity index (χ0n) is 13.8. The Labute approximate surface area is 123 Å². The Hall–Kier alpha value is -1.02. The molecule has 1 aliphatic rings. The molecule has 1 atom stereocenters. The summed E-state index contributed by atoms with van der Waals surface area (Å²) in [5.74, 6) is 1.85. The Morgan fingerprint density at radius 3 is 2.65 bits per heavy atom. The average molecular weight is 275 g/mol. The maximum absolute atomic E-state index is 6.25. The van der Waals surface area contributed by atoms with Crippen LogP contribution in [0.1, 0.15) is 63.3 Å². The van der Waals surface area contributed by atoms with Crippen LogP contribution < -0.4 is 10.1 Å². The molecule has 1 heterocycles. The highest BCUT2D eigenvalue weighted by Crippen LogP contribution is 2.42. The first kappa shape index (κ1) is 15.4. The van der Waals surface area contributed by atoms with Crippen LogP contribution >= 0.6 is 0 Å². The maximum Gasteiger partial charge on any atom is 0.128 e. The van der Waals surface area contributed by atoms with Gasteiger partial charge in [0.15, 0.2) is 0 Å². The number of rotatable bonds is 4. The fourth-order valence-electron chi connectivity index (χ4n) is 2.87. The molecule has 0 radical (unpaired) electrons. The number of aryl methyl sites for hydroxylation is 1. The standard InChI is InChI=1S/C18H29NO/c1-12(2)9-10-19-16-11-18(5,6)20-17-14(4)13(3)7-8-15(16)17/h7-8,12,16,19H,9-11H2,1-6H3. The van der Waals surface area contributed by atoms with Gasteiger partial charge in [-0.1, -0.05) is 26.0 Å². The van der Waals surface area contributed by atoms with Crippen molar-refractivity contribution in [2.24, 2.45) is 5.92 Å². The molecule has 1 aromatic carbocycles. The van der Waals surface area contributed by atoms with E-state index >= 15 is 0 Å². The molecule has 2 nitrogen and oxygen atoms in total. The van der Waals surface area contributed by atoms with Gasteiger partial charge in [0.2, 0.25) is 0 Å². The number of benzene rings is 1. The normalized spacial score (nSPS) is 20.6. The van der Waals surface area contributed by atoms with Crippen LogP contribution in [0.2, 0.25) is 0 Å². The number of hydrogen-bond acceptors (Lipinski definition) is 2. The zero-order chi connectivity index (χ0) is 14.9. The van der Waals surface area contributed by atoms with Crippen LogP contribution in [0.15, 0.2) is 12.1 Å². The van der Waals surface area contributed by atoms with Crippen molar-refractivity contribution in [2.45, 2.75) is 66.0 Å². The Balaban J connectivity index is 2.24. The van der Waals surface area contributed by atoms with E-state index in [4.69, 9.17) is 4.74 Å². The summed E-state index contributed by atoms with van der Waals surface area (Å²) in [5, 5.41) is 3.73. The van der Waals surface area contributed by atoms with Crippen LogP contribution in [-0.4, -0.2) is 12.1 Å². The van der Waals surface area contributed by atoms with Gasteiger partial charge in [-0.2, -0.15) is 0 Å². The summed E-state index contributed by atoms with van der Waals surface area (Å²) in [6.45, 7) is 14.3. The molecule has 1 N–H and O–H groups in total. The molecule has 2 heteroatoms. The molecular weight excluding hydrogens is 246 g/mol. The van der Waals surface area contributed by atoms with Gasteiger partial charge in [0.1, 0.15) is 11.4 Å². The third kappa shape index (κ3) is 3.35. The Morgan fingerprint density at radius 2 is 2.00 bits per heavy atom. The number of nitrogens with one attached hydrogen (secondary N) is 1. The summed E-state index contributed by atoms with van der Waals surface area (Å²) in [5.41, 5.74) is 3.82. The highest BCUT2D eigenvalue weighted by molar-refractivity contribution is 5.48. The van der Waals surface area contributed by atoms with Gasteiger partial charge in [-0.3, -0.25) is 0 Å². The second-order valence-corrected chi connectivity index (χ2v) is 7.18. The zero-order valence-corrected chi connectivity index (χ0v) is 13.8. The van der Waals surface area contributed by atoms with Crippen molar-refractivity contribution in [3.63, 3.8) is 0 Å². The lowest BCUT2D eigenvalue weighted by molar-refractivity contribution is 0.0649. The van der Waals surface area contributed by atoms with Gasteiger partial charge in [-0.05, 0) is 57.7 Å². The predicted molar refractivity (Wildman–Crippen MR) is 85.4 cm³/mol. The van der Waals surface area contributed by atoms with Crippen LogP contribution in [0.25, 0.3) is 0 Å². The lowest BCUT2D eigenvalue weighted by Gasteiger charge is -2.39. The number of hydrogen-bond donors (Lipinski definition) is 1. The SMILES string of the molecule is Cc1ccc2c(c1C)OC(C)(C)CC2NCCC(C)C. The van der Waals surface area contributed by atoms with E-state index in [-0.39, 0.29) is 5.60 Å². The van der Waals surface area contributed by atoms with Crippen molar-refractivity contribution in [2.75, 3.05) is 6.54 Å². The predicted octanol–water partition coefficient (Wildman–Crippen LogP) is 4.54.